The summed E-state index contributed by atoms with van der Waals surface area (Å²) >= 11 is 0. The minimum Gasteiger partial charge on any atom is -0.381 e. The Kier molecular flexibility index (Phi) is 6.46. The van der Waals surface area contributed by atoms with Gasteiger partial charge in [-0.1, -0.05) is 0 Å². The van der Waals surface area contributed by atoms with Gasteiger partial charge in [0.25, 0.3) is 0 Å². The van der Waals surface area contributed by atoms with Gasteiger partial charge in [-0.05, 0) is 49.4 Å². The predicted molar refractivity (Wildman–Crippen MR) is 97.9 cm³/mol. The van der Waals surface area contributed by atoms with Crippen LogP contribution in [0.5, 0.6) is 0 Å². The number of amides is 1. The Morgan fingerprint density at radius 2 is 1.78 bits per heavy atom. The van der Waals surface area contributed by atoms with Gasteiger partial charge < -0.3 is 15.4 Å². The van der Waals surface area contributed by atoms with Gasteiger partial charge in [-0.15, -0.1) is 0 Å². The van der Waals surface area contributed by atoms with Gasteiger partial charge in [0.1, 0.15) is 5.82 Å². The molecule has 1 aromatic carbocycles. The molecule has 1 unspecified atom stereocenters. The molecule has 7 nitrogen and oxygen atoms in total. The number of carbonyl (C=O) groups is 1. The fourth-order valence-electron chi connectivity index (χ4n) is 3.60. The van der Waals surface area contributed by atoms with E-state index in [0.29, 0.717) is 39.3 Å². The topological polar surface area (TPSA) is 92.9 Å². The normalized spacial score (nSPS) is 21.6. The number of nitrogens with two attached hydrogens (primary N) is 1. The molecule has 1 atom stereocenters. The van der Waals surface area contributed by atoms with Crippen molar-refractivity contribution >= 4 is 15.9 Å². The lowest BCUT2D eigenvalue weighted by Crippen LogP contribution is -2.50. The molecule has 27 heavy (non-hydrogen) atoms. The number of ether oxygens (including phenoxy) is 1. The first-order valence-electron chi connectivity index (χ1n) is 9.27. The number of nitrogens with zero attached hydrogens (tertiary/aromatic N) is 2. The number of hydrogen-bond acceptors (Lipinski definition) is 5. The second-order valence-corrected chi connectivity index (χ2v) is 8.95. The average Bonchev–Trinajstić information content (AvgIpc) is 2.94. The van der Waals surface area contributed by atoms with Crippen molar-refractivity contribution in [3.63, 3.8) is 0 Å². The minimum absolute atomic E-state index is 0.0579. The first-order chi connectivity index (χ1) is 12.9. The molecule has 2 aliphatic heterocycles. The maximum atomic E-state index is 13.1. The molecule has 0 spiro atoms. The SMILES string of the molecule is NC(C(=O)N1CCCN(S(=O)(=O)c2ccc(F)cc2)CC1)C1CCOCC1. The molecule has 2 fully saturated rings. The molecule has 9 heteroatoms. The van der Waals surface area contributed by atoms with E-state index in [1.54, 1.807) is 4.90 Å². The van der Waals surface area contributed by atoms with E-state index >= 15 is 0 Å². The van der Waals surface area contributed by atoms with Crippen LogP contribution in [-0.4, -0.2) is 69.0 Å². The van der Waals surface area contributed by atoms with Gasteiger partial charge in [0.2, 0.25) is 15.9 Å². The van der Waals surface area contributed by atoms with E-state index in [1.165, 1.54) is 16.4 Å². The number of carbonyl (C=O) groups excluding carboxylic acids is 1. The maximum Gasteiger partial charge on any atom is 0.243 e. The highest BCUT2D eigenvalue weighted by molar-refractivity contribution is 7.89. The van der Waals surface area contributed by atoms with Crippen LogP contribution < -0.4 is 5.73 Å². The van der Waals surface area contributed by atoms with Crippen molar-refractivity contribution < 1.29 is 22.3 Å². The van der Waals surface area contributed by atoms with Crippen LogP contribution in [-0.2, 0) is 19.6 Å². The van der Waals surface area contributed by atoms with E-state index in [9.17, 15) is 17.6 Å². The van der Waals surface area contributed by atoms with E-state index in [1.807, 2.05) is 0 Å². The third-order valence-electron chi connectivity index (χ3n) is 5.28. The first-order valence-corrected chi connectivity index (χ1v) is 10.7. The quantitative estimate of drug-likeness (QED) is 0.809. The molecule has 2 saturated heterocycles. The summed E-state index contributed by atoms with van der Waals surface area (Å²) in [5.74, 6) is -0.500. The number of rotatable bonds is 4. The van der Waals surface area contributed by atoms with Crippen LogP contribution in [0.15, 0.2) is 29.2 Å². The van der Waals surface area contributed by atoms with Gasteiger partial charge >= 0.3 is 0 Å². The Hall–Kier alpha value is -1.55. The van der Waals surface area contributed by atoms with Gasteiger partial charge in [-0.25, -0.2) is 12.8 Å². The number of sulfonamides is 1. The van der Waals surface area contributed by atoms with Crippen molar-refractivity contribution in [2.45, 2.75) is 30.2 Å². The van der Waals surface area contributed by atoms with Crippen molar-refractivity contribution in [2.24, 2.45) is 11.7 Å². The Morgan fingerprint density at radius 1 is 1.11 bits per heavy atom. The fraction of sp³-hybridized carbons (Fsp3) is 0.611. The van der Waals surface area contributed by atoms with Crippen LogP contribution in [0.3, 0.4) is 0 Å². The summed E-state index contributed by atoms with van der Waals surface area (Å²) in [5, 5.41) is 0. The summed E-state index contributed by atoms with van der Waals surface area (Å²) in [5.41, 5.74) is 6.19. The second kappa shape index (κ2) is 8.64. The van der Waals surface area contributed by atoms with Crippen molar-refractivity contribution in [2.75, 3.05) is 39.4 Å². The minimum atomic E-state index is -3.71. The average molecular weight is 399 g/mol. The first kappa shape index (κ1) is 20.2. The van der Waals surface area contributed by atoms with Crippen LogP contribution in [0.4, 0.5) is 4.39 Å². The molecule has 0 aromatic heterocycles. The van der Waals surface area contributed by atoms with Gasteiger partial charge in [0.05, 0.1) is 10.9 Å². The van der Waals surface area contributed by atoms with Gasteiger partial charge in [-0.2, -0.15) is 4.31 Å². The monoisotopic (exact) mass is 399 g/mol. The largest absolute Gasteiger partial charge is 0.381 e. The van der Waals surface area contributed by atoms with Crippen molar-refractivity contribution in [1.29, 1.82) is 0 Å². The predicted octanol–water partition coefficient (Wildman–Crippen LogP) is 0.803. The van der Waals surface area contributed by atoms with Crippen LogP contribution >= 0.6 is 0 Å². The van der Waals surface area contributed by atoms with Crippen molar-refractivity contribution in [3.05, 3.63) is 30.1 Å². The third-order valence-corrected chi connectivity index (χ3v) is 7.19. The highest BCUT2D eigenvalue weighted by atomic mass is 32.2. The van der Waals surface area contributed by atoms with Crippen molar-refractivity contribution in [1.82, 2.24) is 9.21 Å². The smallest absolute Gasteiger partial charge is 0.243 e. The number of benzene rings is 1. The highest BCUT2D eigenvalue weighted by Gasteiger charge is 2.33. The molecule has 1 amide bonds. The summed E-state index contributed by atoms with van der Waals surface area (Å²) < 4.78 is 45.3. The van der Waals surface area contributed by atoms with Crippen LogP contribution in [0, 0.1) is 11.7 Å². The Balaban J connectivity index is 1.64. The molecule has 2 heterocycles. The zero-order valence-corrected chi connectivity index (χ0v) is 16.0. The van der Waals surface area contributed by atoms with E-state index < -0.39 is 21.9 Å². The van der Waals surface area contributed by atoms with E-state index in [0.717, 1.165) is 25.0 Å². The number of hydrogen-bond donors (Lipinski definition) is 1. The Morgan fingerprint density at radius 3 is 2.44 bits per heavy atom. The lowest BCUT2D eigenvalue weighted by molar-refractivity contribution is -0.134. The molecular weight excluding hydrogens is 373 g/mol. The molecule has 2 N–H and O–H groups in total. The summed E-state index contributed by atoms with van der Waals surface area (Å²) in [7, 11) is -3.71. The highest BCUT2D eigenvalue weighted by Crippen LogP contribution is 2.21. The van der Waals surface area contributed by atoms with Crippen LogP contribution in [0.25, 0.3) is 0 Å². The van der Waals surface area contributed by atoms with Crippen molar-refractivity contribution in [3.8, 4) is 0 Å². The van der Waals surface area contributed by atoms with Gasteiger partial charge in [0.15, 0.2) is 0 Å². The molecule has 0 aliphatic carbocycles. The van der Waals surface area contributed by atoms with Crippen LogP contribution in [0.1, 0.15) is 19.3 Å². The molecule has 150 valence electrons. The van der Waals surface area contributed by atoms with E-state index in [2.05, 4.69) is 0 Å². The van der Waals surface area contributed by atoms with E-state index in [-0.39, 0.29) is 23.3 Å². The maximum absolute atomic E-state index is 13.1. The zero-order chi connectivity index (χ0) is 19.4. The lowest BCUT2D eigenvalue weighted by Gasteiger charge is -2.31. The van der Waals surface area contributed by atoms with Crippen LogP contribution in [0.2, 0.25) is 0 Å². The summed E-state index contributed by atoms with van der Waals surface area (Å²) in [6, 6.07) is 4.22. The third kappa shape index (κ3) is 4.66. The van der Waals surface area contributed by atoms with E-state index in [4.69, 9.17) is 10.5 Å². The second-order valence-electron chi connectivity index (χ2n) is 7.01. The van der Waals surface area contributed by atoms with Gasteiger partial charge in [0, 0.05) is 39.4 Å². The Labute approximate surface area is 159 Å². The molecule has 0 radical (unpaired) electrons. The lowest BCUT2D eigenvalue weighted by atomic mass is 9.91. The Bertz CT molecular complexity index is 750. The molecule has 2 aliphatic rings. The summed E-state index contributed by atoms with van der Waals surface area (Å²) in [6.07, 6.45) is 2.07. The molecular formula is C18H26FN3O4S. The molecule has 0 bridgehead atoms. The summed E-state index contributed by atoms with van der Waals surface area (Å²) in [4.78, 5) is 14.5. The molecule has 0 saturated carbocycles. The van der Waals surface area contributed by atoms with Gasteiger partial charge in [-0.3, -0.25) is 4.79 Å². The standard InChI is InChI=1S/C18H26FN3O4S/c19-15-2-4-16(5-3-15)27(24,25)22-9-1-8-21(10-11-22)18(23)17(20)14-6-12-26-13-7-14/h2-5,14,17H,1,6-13,20H2. The summed E-state index contributed by atoms with van der Waals surface area (Å²) in [6.45, 7) is 2.54. The number of halogens is 1. The zero-order valence-electron chi connectivity index (χ0n) is 15.2. The molecule has 3 rings (SSSR count). The molecule has 1 aromatic rings. The fourth-order valence-corrected chi connectivity index (χ4v) is 5.07.